The number of carbonyl (C=O) groups is 1. The van der Waals surface area contributed by atoms with Gasteiger partial charge in [-0.3, -0.25) is 4.79 Å². The van der Waals surface area contributed by atoms with E-state index < -0.39 is 0 Å². The Hall–Kier alpha value is -0.880. The van der Waals surface area contributed by atoms with Crippen LogP contribution in [0.2, 0.25) is 4.34 Å². The molecule has 0 fully saturated rings. The van der Waals surface area contributed by atoms with Crippen LogP contribution in [0, 0.1) is 0 Å². The van der Waals surface area contributed by atoms with E-state index in [0.29, 0.717) is 0 Å². The van der Waals surface area contributed by atoms with Crippen LogP contribution in [0.4, 0.5) is 5.69 Å². The molecule has 1 unspecified atom stereocenters. The van der Waals surface area contributed by atoms with Crippen molar-refractivity contribution in [2.75, 3.05) is 5.32 Å². The van der Waals surface area contributed by atoms with E-state index in [2.05, 4.69) is 17.6 Å². The van der Waals surface area contributed by atoms with E-state index in [1.54, 1.807) is 22.7 Å². The van der Waals surface area contributed by atoms with Crippen molar-refractivity contribution >= 4 is 45.9 Å². The molecule has 1 atom stereocenters. The van der Waals surface area contributed by atoms with Crippen molar-refractivity contribution < 1.29 is 4.79 Å². The number of nitrogens with one attached hydrogen (secondary N) is 2. The first-order chi connectivity index (χ1) is 9.06. The van der Waals surface area contributed by atoms with Gasteiger partial charge in [-0.1, -0.05) is 11.6 Å². The van der Waals surface area contributed by atoms with Gasteiger partial charge in [-0.25, -0.2) is 0 Å². The highest BCUT2D eigenvalue weighted by molar-refractivity contribution is 7.16. The predicted octanol–water partition coefficient (Wildman–Crippen LogP) is 4.27. The van der Waals surface area contributed by atoms with Gasteiger partial charge in [-0.15, -0.1) is 22.7 Å². The zero-order chi connectivity index (χ0) is 13.8. The number of halogens is 1. The summed E-state index contributed by atoms with van der Waals surface area (Å²) in [6, 6.07) is 6.11. The lowest BCUT2D eigenvalue weighted by Crippen LogP contribution is -2.17. The largest absolute Gasteiger partial charge is 0.325 e. The second-order valence-corrected chi connectivity index (χ2v) is 6.93. The molecule has 1 amide bonds. The topological polar surface area (TPSA) is 41.1 Å². The second kappa shape index (κ2) is 6.52. The summed E-state index contributed by atoms with van der Waals surface area (Å²) in [5.41, 5.74) is 0.890. The Kier molecular flexibility index (Phi) is 4.99. The zero-order valence-electron chi connectivity index (χ0n) is 10.7. The summed E-state index contributed by atoms with van der Waals surface area (Å²) in [7, 11) is 0. The smallest absolute Gasteiger partial charge is 0.221 e. The van der Waals surface area contributed by atoms with Gasteiger partial charge in [0.1, 0.15) is 0 Å². The van der Waals surface area contributed by atoms with Crippen LogP contribution in [-0.4, -0.2) is 5.91 Å². The Labute approximate surface area is 125 Å². The third-order valence-corrected chi connectivity index (χ3v) is 4.98. The van der Waals surface area contributed by atoms with Crippen LogP contribution >= 0.6 is 34.3 Å². The highest BCUT2D eigenvalue weighted by atomic mass is 35.5. The van der Waals surface area contributed by atoms with Gasteiger partial charge in [0.2, 0.25) is 5.91 Å². The molecule has 2 N–H and O–H groups in total. The SMILES string of the molecule is CC(=O)Nc1ccsc1CNC(C)c1ccc(Cl)s1. The quantitative estimate of drug-likeness (QED) is 0.865. The van der Waals surface area contributed by atoms with Crippen molar-refractivity contribution in [1.82, 2.24) is 5.32 Å². The van der Waals surface area contributed by atoms with Crippen LogP contribution in [-0.2, 0) is 11.3 Å². The lowest BCUT2D eigenvalue weighted by molar-refractivity contribution is -0.114. The molecule has 0 bridgehead atoms. The monoisotopic (exact) mass is 314 g/mol. The Morgan fingerprint density at radius 1 is 1.42 bits per heavy atom. The molecule has 0 aromatic carbocycles. The van der Waals surface area contributed by atoms with Crippen LogP contribution < -0.4 is 10.6 Å². The molecule has 2 aromatic heterocycles. The van der Waals surface area contributed by atoms with Gasteiger partial charge in [0.15, 0.2) is 0 Å². The van der Waals surface area contributed by atoms with E-state index in [9.17, 15) is 4.79 Å². The molecule has 2 heterocycles. The summed E-state index contributed by atoms with van der Waals surface area (Å²) in [6.45, 7) is 4.35. The Morgan fingerprint density at radius 3 is 2.84 bits per heavy atom. The number of amides is 1. The number of anilines is 1. The number of thiophene rings is 2. The molecule has 102 valence electrons. The highest BCUT2D eigenvalue weighted by Crippen LogP contribution is 2.28. The van der Waals surface area contributed by atoms with Gasteiger partial charge < -0.3 is 10.6 Å². The number of rotatable bonds is 5. The first kappa shape index (κ1) is 14.5. The molecule has 2 aromatic rings. The summed E-state index contributed by atoms with van der Waals surface area (Å²) in [6.07, 6.45) is 0. The first-order valence-corrected chi connectivity index (χ1v) is 7.96. The van der Waals surface area contributed by atoms with Gasteiger partial charge in [-0.2, -0.15) is 0 Å². The van der Waals surface area contributed by atoms with Crippen molar-refractivity contribution in [3.05, 3.63) is 37.7 Å². The summed E-state index contributed by atoms with van der Waals surface area (Å²) >= 11 is 9.15. The van der Waals surface area contributed by atoms with Gasteiger partial charge in [0, 0.05) is 29.3 Å². The fourth-order valence-electron chi connectivity index (χ4n) is 1.69. The van der Waals surface area contributed by atoms with Gasteiger partial charge in [0.05, 0.1) is 10.0 Å². The van der Waals surface area contributed by atoms with Crippen LogP contribution in [0.5, 0.6) is 0 Å². The van der Waals surface area contributed by atoms with E-state index in [-0.39, 0.29) is 11.9 Å². The summed E-state index contributed by atoms with van der Waals surface area (Å²) in [4.78, 5) is 13.4. The van der Waals surface area contributed by atoms with E-state index in [4.69, 9.17) is 11.6 Å². The summed E-state index contributed by atoms with van der Waals surface area (Å²) in [5.74, 6) is -0.0438. The lowest BCUT2D eigenvalue weighted by atomic mass is 10.2. The molecule has 0 aliphatic carbocycles. The van der Waals surface area contributed by atoms with Crippen LogP contribution in [0.15, 0.2) is 23.6 Å². The Bertz CT molecular complexity index is 564. The Balaban J connectivity index is 1.95. The maximum absolute atomic E-state index is 11.1. The van der Waals surface area contributed by atoms with Crippen LogP contribution in [0.3, 0.4) is 0 Å². The molecular weight excluding hydrogens is 300 g/mol. The molecule has 6 heteroatoms. The maximum atomic E-state index is 11.1. The van der Waals surface area contributed by atoms with Crippen LogP contribution in [0.25, 0.3) is 0 Å². The minimum absolute atomic E-state index is 0.0438. The van der Waals surface area contributed by atoms with Gasteiger partial charge >= 0.3 is 0 Å². The third-order valence-electron chi connectivity index (χ3n) is 2.65. The molecule has 3 nitrogen and oxygen atoms in total. The standard InChI is InChI=1S/C13H15ClN2OS2/c1-8(11-3-4-13(14)19-11)15-7-12-10(5-6-18-12)16-9(2)17/h3-6,8,15H,7H2,1-2H3,(H,16,17). The van der Waals surface area contributed by atoms with Crippen molar-refractivity contribution in [3.8, 4) is 0 Å². The summed E-state index contributed by atoms with van der Waals surface area (Å²) in [5, 5.41) is 8.25. The molecule has 0 radical (unpaired) electrons. The Morgan fingerprint density at radius 2 is 2.21 bits per heavy atom. The molecular formula is C13H15ClN2OS2. The number of hydrogen-bond donors (Lipinski definition) is 2. The number of carbonyl (C=O) groups excluding carboxylic acids is 1. The van der Waals surface area contributed by atoms with Gasteiger partial charge in [0.25, 0.3) is 0 Å². The molecule has 2 rings (SSSR count). The summed E-state index contributed by atoms with van der Waals surface area (Å²) < 4.78 is 0.804. The van der Waals surface area contributed by atoms with E-state index in [1.165, 1.54) is 11.8 Å². The first-order valence-electron chi connectivity index (χ1n) is 5.89. The third kappa shape index (κ3) is 4.04. The van der Waals surface area contributed by atoms with E-state index >= 15 is 0 Å². The molecule has 0 aliphatic rings. The van der Waals surface area contributed by atoms with Crippen molar-refractivity contribution in [2.45, 2.75) is 26.4 Å². The molecule has 19 heavy (non-hydrogen) atoms. The van der Waals surface area contributed by atoms with Crippen LogP contribution in [0.1, 0.15) is 29.6 Å². The van der Waals surface area contributed by atoms with Crippen molar-refractivity contribution in [3.63, 3.8) is 0 Å². The van der Waals surface area contributed by atoms with E-state index in [1.807, 2.05) is 23.6 Å². The minimum Gasteiger partial charge on any atom is -0.325 e. The fraction of sp³-hybridized carbons (Fsp3) is 0.308. The maximum Gasteiger partial charge on any atom is 0.221 e. The van der Waals surface area contributed by atoms with Crippen molar-refractivity contribution in [1.29, 1.82) is 0 Å². The highest BCUT2D eigenvalue weighted by Gasteiger charge is 2.10. The molecule has 0 spiro atoms. The predicted molar refractivity (Wildman–Crippen MR) is 83.2 cm³/mol. The normalized spacial score (nSPS) is 12.4. The molecule has 0 saturated heterocycles. The average Bonchev–Trinajstić information content (AvgIpc) is 2.95. The fourth-order valence-corrected chi connectivity index (χ4v) is 3.55. The molecule has 0 aliphatic heterocycles. The average molecular weight is 315 g/mol. The van der Waals surface area contributed by atoms with Gasteiger partial charge in [-0.05, 0) is 30.5 Å². The van der Waals surface area contributed by atoms with Crippen molar-refractivity contribution in [2.24, 2.45) is 0 Å². The minimum atomic E-state index is -0.0438. The molecule has 0 saturated carbocycles. The zero-order valence-corrected chi connectivity index (χ0v) is 13.1. The second-order valence-electron chi connectivity index (χ2n) is 4.18. The number of hydrogen-bond acceptors (Lipinski definition) is 4. The lowest BCUT2D eigenvalue weighted by Gasteiger charge is -2.12. The van der Waals surface area contributed by atoms with E-state index in [0.717, 1.165) is 21.4 Å².